The second kappa shape index (κ2) is 6.56. The van der Waals surface area contributed by atoms with Gasteiger partial charge in [-0.05, 0) is 37.7 Å². The summed E-state index contributed by atoms with van der Waals surface area (Å²) in [5, 5.41) is 25.6. The molecule has 6 atom stereocenters. The summed E-state index contributed by atoms with van der Waals surface area (Å²) >= 11 is 0. The van der Waals surface area contributed by atoms with Crippen LogP contribution in [0.15, 0.2) is 34.9 Å². The van der Waals surface area contributed by atoms with E-state index in [2.05, 4.69) is 10.1 Å². The number of aromatic nitrogens is 1. The molecule has 28 heavy (non-hydrogen) atoms. The molecular formula is C21H26N2O5. The molecule has 2 aliphatic heterocycles. The van der Waals surface area contributed by atoms with Crippen molar-refractivity contribution >= 4 is 0 Å². The molecule has 150 valence electrons. The highest BCUT2D eigenvalue weighted by Gasteiger charge is 2.69. The minimum absolute atomic E-state index is 0.00890. The third-order valence-corrected chi connectivity index (χ3v) is 6.72. The molecule has 2 N–H and O–H groups in total. The smallest absolute Gasteiger partial charge is 0.260 e. The third kappa shape index (κ3) is 2.40. The largest absolute Gasteiger partial charge is 0.470 e. The van der Waals surface area contributed by atoms with Gasteiger partial charge in [0.25, 0.3) is 5.88 Å². The van der Waals surface area contributed by atoms with E-state index < -0.39 is 11.7 Å². The molecular weight excluding hydrogens is 360 g/mol. The highest BCUT2D eigenvalue weighted by molar-refractivity contribution is 5.41. The van der Waals surface area contributed by atoms with Crippen molar-refractivity contribution in [2.75, 3.05) is 20.7 Å². The Balaban J connectivity index is 1.54. The Morgan fingerprint density at radius 3 is 2.75 bits per heavy atom. The topological polar surface area (TPSA) is 88.2 Å². The lowest BCUT2D eigenvalue weighted by atomic mass is 9.61. The summed E-state index contributed by atoms with van der Waals surface area (Å²) in [5.74, 6) is 0.875. The van der Waals surface area contributed by atoms with Crippen LogP contribution in [0.1, 0.15) is 41.9 Å². The fourth-order valence-corrected chi connectivity index (χ4v) is 5.61. The summed E-state index contributed by atoms with van der Waals surface area (Å²) < 4.78 is 18.0. The molecule has 1 aromatic heterocycles. The molecule has 2 unspecified atom stereocenters. The zero-order chi connectivity index (χ0) is 19.5. The molecule has 0 amide bonds. The number of nitrogens with zero attached hydrogens (tertiary/aromatic N) is 2. The number of fused-ring (bicyclic) bond motifs is 2. The van der Waals surface area contributed by atoms with Gasteiger partial charge in [0.1, 0.15) is 18.3 Å². The van der Waals surface area contributed by atoms with Gasteiger partial charge in [-0.15, -0.1) is 0 Å². The number of hydrogen-bond acceptors (Lipinski definition) is 7. The predicted molar refractivity (Wildman–Crippen MR) is 99.6 cm³/mol. The highest BCUT2D eigenvalue weighted by Crippen LogP contribution is 2.65. The van der Waals surface area contributed by atoms with E-state index in [1.807, 2.05) is 44.4 Å². The van der Waals surface area contributed by atoms with Crippen LogP contribution in [0.25, 0.3) is 0 Å². The Morgan fingerprint density at radius 2 is 2.04 bits per heavy atom. The van der Waals surface area contributed by atoms with Gasteiger partial charge in [0.15, 0.2) is 5.76 Å². The molecule has 1 aliphatic carbocycles. The first-order chi connectivity index (χ1) is 13.6. The van der Waals surface area contributed by atoms with Crippen molar-refractivity contribution in [1.29, 1.82) is 0 Å². The van der Waals surface area contributed by atoms with Gasteiger partial charge in [-0.2, -0.15) is 0 Å². The van der Waals surface area contributed by atoms with Crippen LogP contribution >= 0.6 is 0 Å². The van der Waals surface area contributed by atoms with Gasteiger partial charge in [0, 0.05) is 18.4 Å². The van der Waals surface area contributed by atoms with Crippen LogP contribution in [0.5, 0.6) is 5.88 Å². The molecule has 1 spiro atoms. The number of ether oxygens (including phenoxy) is 2. The Bertz CT molecular complexity index is 854. The van der Waals surface area contributed by atoms with Crippen LogP contribution in [0, 0.1) is 11.8 Å². The second-order valence-corrected chi connectivity index (χ2v) is 8.40. The Morgan fingerprint density at radius 1 is 1.25 bits per heavy atom. The molecule has 0 radical (unpaired) electrons. The van der Waals surface area contributed by atoms with Crippen LogP contribution < -0.4 is 4.74 Å². The summed E-state index contributed by atoms with van der Waals surface area (Å²) in [6.45, 7) is 0.327. The van der Waals surface area contributed by atoms with E-state index in [4.69, 9.17) is 14.0 Å². The highest BCUT2D eigenvalue weighted by atomic mass is 16.6. The Labute approximate surface area is 163 Å². The molecule has 7 heteroatoms. The minimum Gasteiger partial charge on any atom is -0.470 e. The predicted octanol–water partition coefficient (Wildman–Crippen LogP) is 2.06. The summed E-state index contributed by atoms with van der Waals surface area (Å²) in [5.41, 5.74) is 0.750. The van der Waals surface area contributed by atoms with Crippen molar-refractivity contribution in [3.8, 4) is 5.88 Å². The van der Waals surface area contributed by atoms with Crippen molar-refractivity contribution < 1.29 is 24.2 Å². The fraction of sp³-hybridized carbons (Fsp3) is 0.571. The van der Waals surface area contributed by atoms with Gasteiger partial charge in [0.05, 0.1) is 17.7 Å². The van der Waals surface area contributed by atoms with Gasteiger partial charge < -0.3 is 24.2 Å². The van der Waals surface area contributed by atoms with Crippen LogP contribution in [0.2, 0.25) is 0 Å². The number of benzene rings is 1. The van der Waals surface area contributed by atoms with Crippen LogP contribution in [-0.4, -0.2) is 52.7 Å². The van der Waals surface area contributed by atoms with E-state index in [-0.39, 0.29) is 30.6 Å². The molecule has 2 fully saturated rings. The van der Waals surface area contributed by atoms with Crippen molar-refractivity contribution in [3.63, 3.8) is 0 Å². The Kier molecular flexibility index (Phi) is 4.24. The molecule has 7 nitrogen and oxygen atoms in total. The van der Waals surface area contributed by atoms with Crippen molar-refractivity contribution in [2.24, 2.45) is 11.8 Å². The average Bonchev–Trinajstić information content (AvgIpc) is 3.38. The molecule has 2 aromatic rings. The number of aliphatic hydroxyl groups is 2. The number of hydrogen-bond donors (Lipinski definition) is 2. The molecule has 0 saturated carbocycles. The molecule has 3 heterocycles. The lowest BCUT2D eigenvalue weighted by Crippen LogP contribution is -2.55. The van der Waals surface area contributed by atoms with Gasteiger partial charge >= 0.3 is 0 Å². The standard InChI is InChI=1S/C21H26N2O5/c1-23(2)17-15-9-14-8-13(10-24)21(15,27-14)19(25)16-18(17)28-22-20(16)26-11-12-6-4-3-5-7-12/h3-7,13-15,17,19,24-25H,8-11H2,1-2H3/t13?,14-,15-,17-,19?,21+/m0/s1. The summed E-state index contributed by atoms with van der Waals surface area (Å²) in [4.78, 5) is 2.09. The summed E-state index contributed by atoms with van der Waals surface area (Å²) in [6.07, 6.45) is 0.734. The molecule has 2 saturated heterocycles. The molecule has 3 aliphatic rings. The van der Waals surface area contributed by atoms with E-state index in [0.717, 1.165) is 18.4 Å². The maximum absolute atomic E-state index is 11.4. The number of aliphatic hydroxyl groups excluding tert-OH is 2. The third-order valence-electron chi connectivity index (χ3n) is 6.72. The van der Waals surface area contributed by atoms with E-state index >= 15 is 0 Å². The summed E-state index contributed by atoms with van der Waals surface area (Å²) in [6, 6.07) is 9.73. The van der Waals surface area contributed by atoms with Crippen molar-refractivity contribution in [2.45, 2.75) is 43.3 Å². The fourth-order valence-electron chi connectivity index (χ4n) is 5.61. The molecule has 2 bridgehead atoms. The van der Waals surface area contributed by atoms with Crippen LogP contribution in [0.4, 0.5) is 0 Å². The lowest BCUT2D eigenvalue weighted by Gasteiger charge is -2.49. The van der Waals surface area contributed by atoms with Crippen molar-refractivity contribution in [1.82, 2.24) is 10.1 Å². The molecule has 5 rings (SSSR count). The van der Waals surface area contributed by atoms with Crippen molar-refractivity contribution in [3.05, 3.63) is 47.2 Å². The zero-order valence-electron chi connectivity index (χ0n) is 16.1. The minimum atomic E-state index is -0.939. The SMILES string of the molecule is CN(C)[C@@H]1c2onc(OCc3ccccc3)c2C(O)[C@@]23O[C@@H](CC2CO)C[C@@H]13. The van der Waals surface area contributed by atoms with Gasteiger partial charge in [-0.25, -0.2) is 0 Å². The lowest BCUT2D eigenvalue weighted by molar-refractivity contribution is -0.154. The van der Waals surface area contributed by atoms with Crippen LogP contribution in [-0.2, 0) is 11.3 Å². The Hall–Kier alpha value is -1.93. The zero-order valence-corrected chi connectivity index (χ0v) is 16.1. The van der Waals surface area contributed by atoms with Gasteiger partial charge in [-0.1, -0.05) is 30.3 Å². The quantitative estimate of drug-likeness (QED) is 0.813. The van der Waals surface area contributed by atoms with E-state index in [9.17, 15) is 10.2 Å². The maximum Gasteiger partial charge on any atom is 0.260 e. The monoisotopic (exact) mass is 386 g/mol. The molecule has 1 aromatic carbocycles. The number of rotatable bonds is 5. The van der Waals surface area contributed by atoms with Crippen LogP contribution in [0.3, 0.4) is 0 Å². The van der Waals surface area contributed by atoms with E-state index in [1.54, 1.807) is 0 Å². The first kappa shape index (κ1) is 18.1. The first-order valence-corrected chi connectivity index (χ1v) is 9.85. The maximum atomic E-state index is 11.4. The van der Waals surface area contributed by atoms with Gasteiger partial charge in [0.2, 0.25) is 0 Å². The van der Waals surface area contributed by atoms with Gasteiger partial charge in [-0.3, -0.25) is 4.90 Å². The second-order valence-electron chi connectivity index (χ2n) is 8.40. The normalized spacial score (nSPS) is 35.8. The van der Waals surface area contributed by atoms with E-state index in [0.29, 0.717) is 23.8 Å². The summed E-state index contributed by atoms with van der Waals surface area (Å²) in [7, 11) is 3.99. The first-order valence-electron chi connectivity index (χ1n) is 9.85. The van der Waals surface area contributed by atoms with E-state index in [1.165, 1.54) is 0 Å². The average molecular weight is 386 g/mol.